The van der Waals surface area contributed by atoms with Gasteiger partial charge in [-0.1, -0.05) is 12.5 Å². The Morgan fingerprint density at radius 3 is 2.91 bits per heavy atom. The lowest BCUT2D eigenvalue weighted by Gasteiger charge is -2.32. The molecule has 0 spiro atoms. The molecule has 3 rings (SSSR count). The van der Waals surface area contributed by atoms with E-state index in [2.05, 4.69) is 27.9 Å². The number of nitrogens with zero attached hydrogens (tertiary/aromatic N) is 1. The summed E-state index contributed by atoms with van der Waals surface area (Å²) < 4.78 is 25.9. The maximum atomic E-state index is 11.8. The van der Waals surface area contributed by atoms with Crippen LogP contribution in [0.3, 0.4) is 0 Å². The highest BCUT2D eigenvalue weighted by atomic mass is 32.2. The van der Waals surface area contributed by atoms with Crippen molar-refractivity contribution in [2.75, 3.05) is 20.6 Å². The predicted molar refractivity (Wildman–Crippen MR) is 94.0 cm³/mol. The van der Waals surface area contributed by atoms with Crippen LogP contribution >= 0.6 is 0 Å². The summed E-state index contributed by atoms with van der Waals surface area (Å²) in [6.07, 6.45) is 6.90. The molecule has 0 aliphatic carbocycles. The number of aromatic nitrogens is 1. The zero-order valence-corrected chi connectivity index (χ0v) is 14.6. The van der Waals surface area contributed by atoms with Crippen LogP contribution in [-0.4, -0.2) is 45.0 Å². The Bertz CT molecular complexity index is 782. The first kappa shape index (κ1) is 16.5. The van der Waals surface area contributed by atoms with Crippen LogP contribution in [0, 0.1) is 0 Å². The molecule has 1 aromatic carbocycles. The minimum absolute atomic E-state index is 0.0212. The molecule has 1 aliphatic rings. The second-order valence-electron chi connectivity index (χ2n) is 6.49. The zero-order chi connectivity index (χ0) is 16.4. The van der Waals surface area contributed by atoms with Gasteiger partial charge in [-0.25, -0.2) is 13.1 Å². The van der Waals surface area contributed by atoms with Gasteiger partial charge in [0.1, 0.15) is 0 Å². The molecule has 1 saturated heterocycles. The van der Waals surface area contributed by atoms with E-state index >= 15 is 0 Å². The van der Waals surface area contributed by atoms with E-state index in [1.807, 2.05) is 18.2 Å². The molecule has 1 fully saturated rings. The van der Waals surface area contributed by atoms with Crippen LogP contribution < -0.4 is 4.72 Å². The summed E-state index contributed by atoms with van der Waals surface area (Å²) in [5.41, 5.74) is 3.18. The maximum absolute atomic E-state index is 11.8. The highest BCUT2D eigenvalue weighted by Crippen LogP contribution is 2.25. The first-order valence-electron chi connectivity index (χ1n) is 8.19. The van der Waals surface area contributed by atoms with E-state index in [-0.39, 0.29) is 5.75 Å². The average molecular weight is 335 g/mol. The molecule has 0 amide bonds. The first-order valence-corrected chi connectivity index (χ1v) is 9.84. The van der Waals surface area contributed by atoms with Crippen LogP contribution in [0.1, 0.15) is 30.4 Å². The third-order valence-electron chi connectivity index (χ3n) is 4.88. The van der Waals surface area contributed by atoms with E-state index in [1.54, 1.807) is 0 Å². The second kappa shape index (κ2) is 6.63. The van der Waals surface area contributed by atoms with E-state index in [4.69, 9.17) is 0 Å². The Morgan fingerprint density at radius 1 is 1.35 bits per heavy atom. The molecule has 0 unspecified atom stereocenters. The van der Waals surface area contributed by atoms with E-state index in [0.717, 1.165) is 22.9 Å². The van der Waals surface area contributed by atoms with Crippen molar-refractivity contribution in [1.29, 1.82) is 0 Å². The number of sulfonamides is 1. The lowest BCUT2D eigenvalue weighted by atomic mass is 9.96. The molecule has 2 aromatic rings. The van der Waals surface area contributed by atoms with Crippen molar-refractivity contribution in [2.45, 2.75) is 37.5 Å². The van der Waals surface area contributed by atoms with E-state index in [9.17, 15) is 8.42 Å². The average Bonchev–Trinajstić information content (AvgIpc) is 2.92. The number of nitrogens with one attached hydrogen (secondary N) is 2. The number of likely N-dealkylation sites (tertiary alicyclic amines) is 1. The van der Waals surface area contributed by atoms with Crippen molar-refractivity contribution in [3.8, 4) is 0 Å². The van der Waals surface area contributed by atoms with Crippen LogP contribution in [0.5, 0.6) is 0 Å². The van der Waals surface area contributed by atoms with E-state index in [1.165, 1.54) is 38.4 Å². The lowest BCUT2D eigenvalue weighted by molar-refractivity contribution is 0.185. The van der Waals surface area contributed by atoms with Crippen molar-refractivity contribution in [2.24, 2.45) is 0 Å². The van der Waals surface area contributed by atoms with Gasteiger partial charge in [-0.15, -0.1) is 0 Å². The topological polar surface area (TPSA) is 65.2 Å². The fourth-order valence-electron chi connectivity index (χ4n) is 3.43. The molecule has 126 valence electrons. The minimum atomic E-state index is -3.24. The number of rotatable bonds is 5. The minimum Gasteiger partial charge on any atom is -0.361 e. The van der Waals surface area contributed by atoms with Crippen LogP contribution in [0.15, 0.2) is 24.4 Å². The highest BCUT2D eigenvalue weighted by Gasteiger charge is 2.20. The second-order valence-corrected chi connectivity index (χ2v) is 8.42. The first-order chi connectivity index (χ1) is 11.0. The lowest BCUT2D eigenvalue weighted by Crippen LogP contribution is -2.37. The van der Waals surface area contributed by atoms with E-state index < -0.39 is 10.0 Å². The Balaban J connectivity index is 1.86. The Morgan fingerprint density at radius 2 is 2.17 bits per heavy atom. The summed E-state index contributed by atoms with van der Waals surface area (Å²) >= 11 is 0. The quantitative estimate of drug-likeness (QED) is 0.881. The van der Waals surface area contributed by atoms with Crippen molar-refractivity contribution < 1.29 is 8.42 Å². The zero-order valence-electron chi connectivity index (χ0n) is 13.8. The summed E-state index contributed by atoms with van der Waals surface area (Å²) in [6, 6.07) is 6.44. The van der Waals surface area contributed by atoms with Crippen molar-refractivity contribution in [3.63, 3.8) is 0 Å². The number of likely N-dealkylation sites (N-methyl/N-ethyl adjacent to an activating group) is 1. The molecule has 1 atom stereocenters. The molecule has 0 radical (unpaired) electrons. The Labute approximate surface area is 138 Å². The van der Waals surface area contributed by atoms with Gasteiger partial charge in [0.05, 0.1) is 5.75 Å². The molecule has 1 aliphatic heterocycles. The molecule has 0 bridgehead atoms. The van der Waals surface area contributed by atoms with Gasteiger partial charge in [-0.2, -0.15) is 0 Å². The summed E-state index contributed by atoms with van der Waals surface area (Å²) in [6.45, 7) is 1.17. The summed E-state index contributed by atoms with van der Waals surface area (Å²) in [4.78, 5) is 5.76. The van der Waals surface area contributed by atoms with Gasteiger partial charge in [0, 0.05) is 23.1 Å². The number of benzene rings is 1. The van der Waals surface area contributed by atoms with Gasteiger partial charge in [-0.05, 0) is 63.2 Å². The summed E-state index contributed by atoms with van der Waals surface area (Å²) in [5, 5.41) is 1.15. The maximum Gasteiger partial charge on any atom is 0.215 e. The fourth-order valence-corrected chi connectivity index (χ4v) is 4.19. The smallest absolute Gasteiger partial charge is 0.215 e. The van der Waals surface area contributed by atoms with Gasteiger partial charge >= 0.3 is 0 Å². The monoisotopic (exact) mass is 335 g/mol. The number of H-pyrrole nitrogens is 1. The summed E-state index contributed by atoms with van der Waals surface area (Å²) in [7, 11) is 0.409. The number of piperidine rings is 1. The Hall–Kier alpha value is -1.37. The molecular formula is C17H25N3O2S. The summed E-state index contributed by atoms with van der Waals surface area (Å²) in [5.74, 6) is 0.0212. The normalized spacial score (nSPS) is 20.2. The SMILES string of the molecule is CNS(=O)(=O)Cc1ccc2[nH]cc(C[C@H]3CCCCN3C)c2c1. The largest absolute Gasteiger partial charge is 0.361 e. The van der Waals surface area contributed by atoms with E-state index in [0.29, 0.717) is 6.04 Å². The molecule has 0 saturated carbocycles. The standard InChI is InChI=1S/C17H25N3O2S/c1-18-23(21,22)12-13-6-7-17-16(9-13)14(11-19-17)10-15-5-3-4-8-20(15)2/h6-7,9,11,15,18-19H,3-5,8,10,12H2,1-2H3/t15-/m1/s1. The Kier molecular flexibility index (Phi) is 4.75. The van der Waals surface area contributed by atoms with Gasteiger partial charge in [0.2, 0.25) is 10.0 Å². The van der Waals surface area contributed by atoms with Crippen molar-refractivity contribution in [3.05, 3.63) is 35.5 Å². The molecule has 5 nitrogen and oxygen atoms in total. The highest BCUT2D eigenvalue weighted by molar-refractivity contribution is 7.88. The third kappa shape index (κ3) is 3.76. The molecular weight excluding hydrogens is 310 g/mol. The van der Waals surface area contributed by atoms with Crippen LogP contribution in [0.2, 0.25) is 0 Å². The van der Waals surface area contributed by atoms with Gasteiger partial charge < -0.3 is 9.88 Å². The van der Waals surface area contributed by atoms with Crippen LogP contribution in [0.4, 0.5) is 0 Å². The number of aromatic amines is 1. The molecule has 2 N–H and O–H groups in total. The molecule has 2 heterocycles. The molecule has 6 heteroatoms. The van der Waals surface area contributed by atoms with Crippen molar-refractivity contribution in [1.82, 2.24) is 14.6 Å². The van der Waals surface area contributed by atoms with Gasteiger partial charge in [0.15, 0.2) is 0 Å². The molecule has 1 aromatic heterocycles. The van der Waals surface area contributed by atoms with Crippen molar-refractivity contribution >= 4 is 20.9 Å². The van der Waals surface area contributed by atoms with Gasteiger partial charge in [0.25, 0.3) is 0 Å². The molecule has 23 heavy (non-hydrogen) atoms. The fraction of sp³-hybridized carbons (Fsp3) is 0.529. The predicted octanol–water partition coefficient (Wildman–Crippen LogP) is 2.24. The number of hydrogen-bond donors (Lipinski definition) is 2. The van der Waals surface area contributed by atoms with Crippen LogP contribution in [0.25, 0.3) is 10.9 Å². The number of fused-ring (bicyclic) bond motifs is 1. The van der Waals surface area contributed by atoms with Gasteiger partial charge in [-0.3, -0.25) is 0 Å². The third-order valence-corrected chi connectivity index (χ3v) is 6.21. The van der Waals surface area contributed by atoms with Crippen LogP contribution in [-0.2, 0) is 22.2 Å². The number of hydrogen-bond acceptors (Lipinski definition) is 3.